The number of alkyl halides is 3. The van der Waals surface area contributed by atoms with E-state index in [1.54, 1.807) is 30.3 Å². The van der Waals surface area contributed by atoms with Gasteiger partial charge in [0.1, 0.15) is 14.2 Å². The zero-order chi connectivity index (χ0) is 34.3. The molecule has 0 N–H and O–H groups in total. The monoisotopic (exact) mass is 662 g/mol. The number of rotatable bonds is 12. The van der Waals surface area contributed by atoms with E-state index in [9.17, 15) is 22.8 Å². The highest BCUT2D eigenvalue weighted by Crippen LogP contribution is 2.44. The maximum Gasteiger partial charge on any atom is 0.432 e. The predicted octanol–water partition coefficient (Wildman–Crippen LogP) is 8.08. The highest BCUT2D eigenvalue weighted by molar-refractivity contribution is 6.83. The first-order chi connectivity index (χ1) is 20.7. The first-order valence-corrected chi connectivity index (χ1v) is 21.1. The van der Waals surface area contributed by atoms with Crippen LogP contribution in [0.5, 0.6) is 0 Å². The molecular formula is C34H45F3O6Si2. The van der Waals surface area contributed by atoms with Gasteiger partial charge in [0.2, 0.25) is 0 Å². The molecule has 2 aromatic carbocycles. The van der Waals surface area contributed by atoms with Crippen LogP contribution < -0.4 is 0 Å². The Balaban J connectivity index is 2.67. The molecule has 45 heavy (non-hydrogen) atoms. The molecule has 0 unspecified atom stereocenters. The van der Waals surface area contributed by atoms with E-state index in [2.05, 4.69) is 18.0 Å². The maximum absolute atomic E-state index is 14.8. The fraction of sp³-hybridized carbons (Fsp3) is 0.471. The molecule has 0 bridgehead atoms. The van der Waals surface area contributed by atoms with E-state index in [4.69, 9.17) is 18.6 Å². The molecule has 2 aromatic rings. The third-order valence-corrected chi connectivity index (χ3v) is 13.0. The number of halogens is 3. The number of carbonyl (C=O) groups is 2. The lowest BCUT2D eigenvalue weighted by atomic mass is 9.92. The zero-order valence-electron chi connectivity index (χ0n) is 27.6. The first-order valence-electron chi connectivity index (χ1n) is 14.7. The van der Waals surface area contributed by atoms with Crippen LogP contribution in [0.3, 0.4) is 0 Å². The van der Waals surface area contributed by atoms with E-state index >= 15 is 0 Å². The summed E-state index contributed by atoms with van der Waals surface area (Å²) in [4.78, 5) is 26.7. The number of methoxy groups -OCH3 is 1. The first kappa shape index (κ1) is 38.0. The van der Waals surface area contributed by atoms with Crippen molar-refractivity contribution < 1.29 is 41.4 Å². The minimum atomic E-state index is -5.18. The molecule has 246 valence electrons. The molecule has 0 aliphatic heterocycles. The van der Waals surface area contributed by atoms with Crippen LogP contribution in [-0.4, -0.2) is 59.9 Å². The van der Waals surface area contributed by atoms with E-state index in [0.717, 1.165) is 19.2 Å². The fourth-order valence-electron chi connectivity index (χ4n) is 4.06. The van der Waals surface area contributed by atoms with Crippen LogP contribution in [0.2, 0.25) is 37.8 Å². The van der Waals surface area contributed by atoms with E-state index in [1.807, 2.05) is 53.5 Å². The highest BCUT2D eigenvalue weighted by Gasteiger charge is 2.64. The Morgan fingerprint density at radius 1 is 0.911 bits per heavy atom. The summed E-state index contributed by atoms with van der Waals surface area (Å²) in [5, 5.41) is -0.331. The predicted molar refractivity (Wildman–Crippen MR) is 175 cm³/mol. The summed E-state index contributed by atoms with van der Waals surface area (Å²) < 4.78 is 67.5. The van der Waals surface area contributed by atoms with Crippen molar-refractivity contribution in [3.8, 4) is 11.5 Å². The third kappa shape index (κ3) is 9.90. The average Bonchev–Trinajstić information content (AvgIpc) is 2.94. The number of benzene rings is 2. The van der Waals surface area contributed by atoms with Crippen LogP contribution in [0.1, 0.15) is 43.1 Å². The Hall–Kier alpha value is -3.18. The number of hydrogen-bond acceptors (Lipinski definition) is 6. The van der Waals surface area contributed by atoms with Gasteiger partial charge in [-0.25, -0.2) is 9.59 Å². The molecule has 11 heteroatoms. The van der Waals surface area contributed by atoms with Crippen molar-refractivity contribution in [1.29, 1.82) is 0 Å². The van der Waals surface area contributed by atoms with Crippen molar-refractivity contribution in [2.75, 3.05) is 7.11 Å². The van der Waals surface area contributed by atoms with Crippen molar-refractivity contribution in [2.24, 2.45) is 0 Å². The fourth-order valence-corrected chi connectivity index (χ4v) is 5.97. The van der Waals surface area contributed by atoms with Gasteiger partial charge in [0, 0.05) is 19.1 Å². The Morgan fingerprint density at radius 3 is 1.89 bits per heavy atom. The van der Waals surface area contributed by atoms with E-state index < -0.39 is 64.0 Å². The lowest BCUT2D eigenvalue weighted by Crippen LogP contribution is -2.54. The summed E-state index contributed by atoms with van der Waals surface area (Å²) in [6.45, 7) is 19.6. The van der Waals surface area contributed by atoms with Gasteiger partial charge in [-0.05, 0) is 30.3 Å². The smallest absolute Gasteiger partial charge is 0.432 e. The molecule has 0 saturated carbocycles. The normalized spacial score (nSPS) is 15.8. The summed E-state index contributed by atoms with van der Waals surface area (Å²) in [7, 11) is -4.00. The second-order valence-corrected chi connectivity index (χ2v) is 22.8. The lowest BCUT2D eigenvalue weighted by Gasteiger charge is -2.41. The summed E-state index contributed by atoms with van der Waals surface area (Å²) in [5.74, 6) is 0.647. The molecule has 2 rings (SSSR count). The Morgan fingerprint density at radius 2 is 1.44 bits per heavy atom. The molecule has 0 heterocycles. The van der Waals surface area contributed by atoms with Gasteiger partial charge < -0.3 is 18.6 Å². The van der Waals surface area contributed by atoms with Crippen LogP contribution in [0.15, 0.2) is 73.3 Å². The zero-order valence-corrected chi connectivity index (χ0v) is 29.6. The van der Waals surface area contributed by atoms with Crippen molar-refractivity contribution in [2.45, 2.75) is 95.1 Å². The Bertz CT molecular complexity index is 1360. The molecule has 0 fully saturated rings. The van der Waals surface area contributed by atoms with Gasteiger partial charge >= 0.3 is 18.1 Å². The van der Waals surface area contributed by atoms with Crippen molar-refractivity contribution in [3.63, 3.8) is 0 Å². The Labute approximate surface area is 267 Å². The van der Waals surface area contributed by atoms with Gasteiger partial charge in [-0.1, -0.05) is 108 Å². The van der Waals surface area contributed by atoms with E-state index in [1.165, 1.54) is 24.3 Å². The lowest BCUT2D eigenvalue weighted by molar-refractivity contribution is -0.278. The molecule has 0 spiro atoms. The van der Waals surface area contributed by atoms with Crippen molar-refractivity contribution in [3.05, 3.63) is 84.4 Å². The number of ether oxygens (including phenoxy) is 3. The summed E-state index contributed by atoms with van der Waals surface area (Å²) >= 11 is 0. The minimum absolute atomic E-state index is 0.0791. The number of esters is 2. The molecule has 0 aliphatic carbocycles. The van der Waals surface area contributed by atoms with Gasteiger partial charge in [-0.15, -0.1) is 5.54 Å². The van der Waals surface area contributed by atoms with Gasteiger partial charge in [0.15, 0.2) is 14.4 Å². The SMILES string of the molecule is C=C[C@H](C[C@H](O[Si](C)(C)C(C)(C)C)[C@H](C#C[Si](C)(C)C)OC(=O)[C@](OC)(c1ccccc1)C(F)(F)F)OC(=O)c1ccccc1. The molecule has 6 nitrogen and oxygen atoms in total. The van der Waals surface area contributed by atoms with Gasteiger partial charge in [-0.3, -0.25) is 0 Å². The standard InChI is InChI=1S/C34H45F3O6Si2/c1-11-27(41-30(38)25-18-14-12-15-19-25)24-29(43-45(9,10)32(2,3)4)28(22-23-44(6,7)8)42-31(39)33(40-5,34(35,36)37)26-20-16-13-17-21-26/h11-21,27-29H,1,24H2,2-10H3/t27-,28+,29+,33-/m1/s1. The van der Waals surface area contributed by atoms with Crippen LogP contribution in [0, 0.1) is 11.5 Å². The number of carbonyl (C=O) groups excluding carboxylic acids is 2. The third-order valence-electron chi connectivity index (χ3n) is 7.58. The molecule has 0 radical (unpaired) electrons. The second-order valence-electron chi connectivity index (χ2n) is 13.3. The molecule has 0 aliphatic rings. The molecule has 0 amide bonds. The topological polar surface area (TPSA) is 71.1 Å². The summed E-state index contributed by atoms with van der Waals surface area (Å²) in [5.41, 5.74) is -0.424. The van der Waals surface area contributed by atoms with Gasteiger partial charge in [0.25, 0.3) is 5.60 Å². The second kappa shape index (κ2) is 14.9. The quantitative estimate of drug-likeness (QED) is 0.0991. The average molecular weight is 663 g/mol. The van der Waals surface area contributed by atoms with Crippen molar-refractivity contribution >= 4 is 28.3 Å². The van der Waals surface area contributed by atoms with E-state index in [-0.39, 0.29) is 11.5 Å². The highest BCUT2D eigenvalue weighted by atomic mass is 28.4. The molecule has 4 atom stereocenters. The van der Waals surface area contributed by atoms with Crippen molar-refractivity contribution in [1.82, 2.24) is 0 Å². The molecule has 0 saturated heterocycles. The van der Waals surface area contributed by atoms with Crippen LogP contribution >= 0.6 is 0 Å². The molecular weight excluding hydrogens is 618 g/mol. The molecule has 0 aromatic heterocycles. The summed E-state index contributed by atoms with van der Waals surface area (Å²) in [6.07, 6.45) is -7.33. The van der Waals surface area contributed by atoms with Crippen LogP contribution in [0.25, 0.3) is 0 Å². The largest absolute Gasteiger partial charge is 0.454 e. The van der Waals surface area contributed by atoms with Gasteiger partial charge in [0.05, 0.1) is 11.7 Å². The van der Waals surface area contributed by atoms with Crippen LogP contribution in [-0.2, 0) is 29.0 Å². The van der Waals surface area contributed by atoms with Crippen LogP contribution in [0.4, 0.5) is 13.2 Å². The van der Waals surface area contributed by atoms with Gasteiger partial charge in [-0.2, -0.15) is 13.2 Å². The minimum Gasteiger partial charge on any atom is -0.454 e. The number of hydrogen-bond donors (Lipinski definition) is 0. The van der Waals surface area contributed by atoms with E-state index in [0.29, 0.717) is 5.56 Å². The Kier molecular flexibility index (Phi) is 12.6. The summed E-state index contributed by atoms with van der Waals surface area (Å²) in [6, 6.07) is 14.9. The maximum atomic E-state index is 14.8.